The molecule has 0 bridgehead atoms. The largest absolute Gasteiger partial charge is 0.894 e. The zero-order valence-electron chi connectivity index (χ0n) is 40.3. The third-order valence-corrected chi connectivity index (χ3v) is 10.7. The third-order valence-electron chi connectivity index (χ3n) is 10.7. The lowest BCUT2D eigenvalue weighted by atomic mass is 10.2. The molecule has 0 aromatic rings. The Balaban J connectivity index is -0.000000202. The molecule has 0 aliphatic rings. The van der Waals surface area contributed by atoms with E-state index in [2.05, 4.69) is 83.1 Å². The van der Waals surface area contributed by atoms with Crippen molar-refractivity contribution < 1.29 is 57.5 Å². The maximum absolute atomic E-state index is 9.07. The standard InChI is InChI=1S/4C11H26NO.O4Si/c4*1-4-7-12(8-5-2,9-6-3)10-11-13;1-5(2,3)4/h4*13H,4-11H2,1-3H3;/q4*+1;-4. The fourth-order valence-electron chi connectivity index (χ4n) is 9.22. The van der Waals surface area contributed by atoms with Crippen molar-refractivity contribution in [2.75, 3.05) is 131 Å². The quantitative estimate of drug-likeness (QED) is 0.0592. The molecule has 0 unspecified atom stereocenters. The van der Waals surface area contributed by atoms with Gasteiger partial charge < -0.3 is 66.6 Å². The number of hydrogen-bond acceptors (Lipinski definition) is 8. The summed E-state index contributed by atoms with van der Waals surface area (Å²) in [5.41, 5.74) is 0. The molecule has 4 N–H and O–H groups in total. The van der Waals surface area contributed by atoms with E-state index in [-0.39, 0.29) is 0 Å². The lowest BCUT2D eigenvalue weighted by Gasteiger charge is -2.67. The zero-order valence-corrected chi connectivity index (χ0v) is 41.3. The van der Waals surface area contributed by atoms with Gasteiger partial charge in [0.2, 0.25) is 0 Å². The first-order chi connectivity index (χ1) is 27.0. The minimum atomic E-state index is -5.61. The Hall–Kier alpha value is -0.263. The summed E-state index contributed by atoms with van der Waals surface area (Å²) in [5.74, 6) is 0. The van der Waals surface area contributed by atoms with E-state index in [0.717, 1.165) is 44.1 Å². The summed E-state index contributed by atoms with van der Waals surface area (Å²) >= 11 is 0. The van der Waals surface area contributed by atoms with Gasteiger partial charge in [0.15, 0.2) is 0 Å². The SMILES string of the molecule is CCC[N+](CCC)(CCC)CCO.CCC[N+](CCC)(CCC)CCO.CCC[N+](CCC)(CCC)CCO.CCC[N+](CCC)(CCC)CCO.[O-][Si]([O-])([O-])[O-]. The second kappa shape index (κ2) is 43.8. The van der Waals surface area contributed by atoms with Crippen LogP contribution < -0.4 is 19.2 Å². The van der Waals surface area contributed by atoms with Crippen molar-refractivity contribution in [1.82, 2.24) is 0 Å². The molecule has 0 aromatic heterocycles. The van der Waals surface area contributed by atoms with Gasteiger partial charge >= 0.3 is 0 Å². The Labute approximate surface area is 357 Å². The van der Waals surface area contributed by atoms with Crippen molar-refractivity contribution in [3.8, 4) is 0 Å². The van der Waals surface area contributed by atoms with Gasteiger partial charge in [-0.3, -0.25) is 0 Å². The molecule has 12 nitrogen and oxygen atoms in total. The van der Waals surface area contributed by atoms with Crippen LogP contribution in [0.3, 0.4) is 0 Å². The highest BCUT2D eigenvalue weighted by Crippen LogP contribution is 2.13. The second-order valence-corrected chi connectivity index (χ2v) is 17.3. The Morgan fingerprint density at radius 1 is 0.246 bits per heavy atom. The summed E-state index contributed by atoms with van der Waals surface area (Å²) in [7, 11) is -5.61. The molecule has 0 heterocycles. The monoisotopic (exact) mass is 845 g/mol. The summed E-state index contributed by atoms with van der Waals surface area (Å²) < 4.78 is 4.50. The summed E-state index contributed by atoms with van der Waals surface area (Å²) in [5, 5.41) is 36.3. The van der Waals surface area contributed by atoms with Gasteiger partial charge in [-0.25, -0.2) is 0 Å². The Bertz CT molecular complexity index is 545. The van der Waals surface area contributed by atoms with E-state index >= 15 is 0 Å². The number of rotatable bonds is 32. The molecular formula is C44H104N4O8Si. The summed E-state index contributed by atoms with van der Waals surface area (Å²) in [6.45, 7) is 46.6. The van der Waals surface area contributed by atoms with Crippen LogP contribution in [0.2, 0.25) is 0 Å². The van der Waals surface area contributed by atoms with Crippen molar-refractivity contribution >= 4 is 9.05 Å². The molecule has 0 aliphatic heterocycles. The van der Waals surface area contributed by atoms with Gasteiger partial charge in [0.05, 0.1) is 105 Å². The number of hydrogen-bond donors (Lipinski definition) is 4. The lowest BCUT2D eigenvalue weighted by molar-refractivity contribution is -0.928. The predicted octanol–water partition coefficient (Wildman–Crippen LogP) is 2.97. The van der Waals surface area contributed by atoms with Gasteiger partial charge in [0.1, 0.15) is 26.2 Å². The Kier molecular flexibility index (Phi) is 50.6. The first kappa shape index (κ1) is 65.8. The van der Waals surface area contributed by atoms with Crippen LogP contribution in [0.15, 0.2) is 0 Å². The fourth-order valence-corrected chi connectivity index (χ4v) is 9.22. The molecule has 0 spiro atoms. The minimum absolute atomic E-state index is 0.333. The normalized spacial score (nSPS) is 12.0. The number of aliphatic hydroxyl groups is 4. The third kappa shape index (κ3) is 39.6. The van der Waals surface area contributed by atoms with Crippen LogP contribution in [-0.2, 0) is 0 Å². The van der Waals surface area contributed by atoms with Crippen LogP contribution in [0.25, 0.3) is 0 Å². The van der Waals surface area contributed by atoms with E-state index in [1.807, 2.05) is 0 Å². The van der Waals surface area contributed by atoms with Crippen LogP contribution in [0.5, 0.6) is 0 Å². The first-order valence-electron chi connectivity index (χ1n) is 23.6. The Morgan fingerprint density at radius 2 is 0.333 bits per heavy atom. The van der Waals surface area contributed by atoms with E-state index in [0.29, 0.717) is 26.4 Å². The lowest BCUT2D eigenvalue weighted by Crippen LogP contribution is -2.82. The summed E-state index contributed by atoms with van der Waals surface area (Å²) in [6, 6.07) is 0. The molecule has 0 rings (SSSR count). The van der Waals surface area contributed by atoms with Crippen molar-refractivity contribution in [1.29, 1.82) is 0 Å². The average molecular weight is 845 g/mol. The highest BCUT2D eigenvalue weighted by atomic mass is 28.4. The molecule has 0 fully saturated rings. The van der Waals surface area contributed by atoms with Gasteiger partial charge in [0, 0.05) is 0 Å². The van der Waals surface area contributed by atoms with Crippen molar-refractivity contribution in [2.24, 2.45) is 0 Å². The Morgan fingerprint density at radius 3 is 0.386 bits per heavy atom. The smallest absolute Gasteiger partial charge is 0.102 e. The van der Waals surface area contributed by atoms with E-state index < -0.39 is 9.05 Å². The minimum Gasteiger partial charge on any atom is -0.894 e. The van der Waals surface area contributed by atoms with E-state index in [1.165, 1.54) is 156 Å². The van der Waals surface area contributed by atoms with Crippen molar-refractivity contribution in [3.63, 3.8) is 0 Å². The van der Waals surface area contributed by atoms with E-state index in [4.69, 9.17) is 39.6 Å². The molecule has 57 heavy (non-hydrogen) atoms. The molecule has 13 heteroatoms. The molecule has 0 saturated carbocycles. The maximum atomic E-state index is 9.07. The second-order valence-electron chi connectivity index (χ2n) is 16.3. The zero-order chi connectivity index (χ0) is 45.1. The van der Waals surface area contributed by atoms with Gasteiger partial charge in [-0.2, -0.15) is 0 Å². The average Bonchev–Trinajstić information content (AvgIpc) is 3.10. The number of nitrogens with zero attached hydrogens (tertiary/aromatic N) is 4. The van der Waals surface area contributed by atoms with Crippen LogP contribution in [0.4, 0.5) is 0 Å². The molecule has 0 amide bonds. The van der Waals surface area contributed by atoms with Gasteiger partial charge in [0.25, 0.3) is 0 Å². The first-order valence-corrected chi connectivity index (χ1v) is 25.3. The van der Waals surface area contributed by atoms with E-state index in [1.54, 1.807) is 0 Å². The fraction of sp³-hybridized carbons (Fsp3) is 1.00. The van der Waals surface area contributed by atoms with Gasteiger partial charge in [-0.05, 0) is 77.0 Å². The van der Waals surface area contributed by atoms with Crippen LogP contribution in [-0.4, -0.2) is 179 Å². The molecule has 0 radical (unpaired) electrons. The summed E-state index contributed by atoms with van der Waals surface area (Å²) in [6.07, 6.45) is 14.7. The molecular weight excluding hydrogens is 741 g/mol. The highest BCUT2D eigenvalue weighted by Gasteiger charge is 2.26. The summed E-state index contributed by atoms with van der Waals surface area (Å²) in [4.78, 5) is 34.3. The maximum Gasteiger partial charge on any atom is 0.102 e. The van der Waals surface area contributed by atoms with Crippen molar-refractivity contribution in [3.05, 3.63) is 0 Å². The van der Waals surface area contributed by atoms with Crippen LogP contribution >= 0.6 is 0 Å². The molecule has 0 aromatic carbocycles. The van der Waals surface area contributed by atoms with E-state index in [9.17, 15) is 0 Å². The van der Waals surface area contributed by atoms with Crippen LogP contribution in [0, 0.1) is 0 Å². The molecule has 0 atom stereocenters. The number of aliphatic hydroxyl groups excluding tert-OH is 4. The molecule has 352 valence electrons. The van der Waals surface area contributed by atoms with Gasteiger partial charge in [-0.15, -0.1) is 0 Å². The van der Waals surface area contributed by atoms with Crippen LogP contribution in [0.1, 0.15) is 160 Å². The molecule has 0 aliphatic carbocycles. The van der Waals surface area contributed by atoms with Crippen molar-refractivity contribution in [2.45, 2.75) is 160 Å². The highest BCUT2D eigenvalue weighted by molar-refractivity contribution is 6.38. The predicted molar refractivity (Wildman–Crippen MR) is 237 cm³/mol. The topological polar surface area (TPSA) is 173 Å². The number of quaternary nitrogens is 4. The van der Waals surface area contributed by atoms with Gasteiger partial charge in [-0.1, -0.05) is 83.1 Å². The molecule has 0 saturated heterocycles.